The molecule has 90 valence electrons. The molecule has 3 N–H and O–H groups in total. The Morgan fingerprint density at radius 2 is 1.82 bits per heavy atom. The van der Waals surface area contributed by atoms with Crippen LogP contribution in [0.4, 0.5) is 0 Å². The molecule has 4 heteroatoms. The van der Waals surface area contributed by atoms with E-state index in [0.29, 0.717) is 6.42 Å². The van der Waals surface area contributed by atoms with Crippen LogP contribution >= 0.6 is 12.4 Å². The summed E-state index contributed by atoms with van der Waals surface area (Å²) in [5.41, 5.74) is 6.52. The summed E-state index contributed by atoms with van der Waals surface area (Å²) in [7, 11) is 0. The second-order valence-corrected chi connectivity index (χ2v) is 3.79. The number of carbonyl (C=O) groups is 1. The Kier molecular flexibility index (Phi) is 4.49. The molecule has 2 aromatic rings. The summed E-state index contributed by atoms with van der Waals surface area (Å²) in [6, 6.07) is 12.9. The van der Waals surface area contributed by atoms with Crippen LogP contribution in [0.25, 0.3) is 10.8 Å². The number of hydrogen-bond donors (Lipinski definition) is 2. The number of carboxylic acid groups (broad SMARTS) is 1. The lowest BCUT2D eigenvalue weighted by Crippen LogP contribution is -2.32. The molecule has 0 saturated carbocycles. The fourth-order valence-corrected chi connectivity index (χ4v) is 1.79. The van der Waals surface area contributed by atoms with E-state index >= 15 is 0 Å². The molecule has 0 aliphatic rings. The molecule has 0 aliphatic heterocycles. The maximum Gasteiger partial charge on any atom is 0.320 e. The third kappa shape index (κ3) is 2.96. The molecule has 2 rings (SSSR count). The molecule has 0 fully saturated rings. The molecule has 3 nitrogen and oxygen atoms in total. The lowest BCUT2D eigenvalue weighted by molar-refractivity contribution is -0.138. The van der Waals surface area contributed by atoms with Gasteiger partial charge in [-0.25, -0.2) is 0 Å². The van der Waals surface area contributed by atoms with Gasteiger partial charge >= 0.3 is 5.97 Å². The van der Waals surface area contributed by atoms with Crippen molar-refractivity contribution in [2.24, 2.45) is 5.73 Å². The SMILES string of the molecule is Cl.N[C@@H](Cc1cccc2ccccc12)C(=O)O. The van der Waals surface area contributed by atoms with Crippen LogP contribution in [-0.2, 0) is 11.2 Å². The van der Waals surface area contributed by atoms with E-state index in [9.17, 15) is 4.79 Å². The van der Waals surface area contributed by atoms with Crippen molar-refractivity contribution in [1.82, 2.24) is 0 Å². The minimum atomic E-state index is -0.965. The van der Waals surface area contributed by atoms with E-state index in [2.05, 4.69) is 0 Å². The first-order valence-corrected chi connectivity index (χ1v) is 5.13. The van der Waals surface area contributed by atoms with Crippen molar-refractivity contribution in [2.75, 3.05) is 0 Å². The summed E-state index contributed by atoms with van der Waals surface area (Å²) in [4.78, 5) is 10.7. The minimum Gasteiger partial charge on any atom is -0.480 e. The van der Waals surface area contributed by atoms with Crippen LogP contribution < -0.4 is 5.73 Å². The molecule has 1 atom stereocenters. The van der Waals surface area contributed by atoms with Crippen LogP contribution in [0.2, 0.25) is 0 Å². The molecular formula is C13H14ClNO2. The third-order valence-corrected chi connectivity index (χ3v) is 2.64. The van der Waals surface area contributed by atoms with Crippen LogP contribution in [0.1, 0.15) is 5.56 Å². The van der Waals surface area contributed by atoms with Crippen LogP contribution in [0.15, 0.2) is 42.5 Å². The summed E-state index contributed by atoms with van der Waals surface area (Å²) in [6.07, 6.45) is 0.358. The smallest absolute Gasteiger partial charge is 0.320 e. The van der Waals surface area contributed by atoms with Crippen LogP contribution in [0, 0.1) is 0 Å². The molecule has 17 heavy (non-hydrogen) atoms. The van der Waals surface area contributed by atoms with Gasteiger partial charge in [-0.2, -0.15) is 0 Å². The number of aliphatic carboxylic acids is 1. The lowest BCUT2D eigenvalue weighted by Gasteiger charge is -2.09. The minimum absolute atomic E-state index is 0. The van der Waals surface area contributed by atoms with Crippen molar-refractivity contribution in [3.63, 3.8) is 0 Å². The number of halogens is 1. The molecule has 0 radical (unpaired) electrons. The van der Waals surface area contributed by atoms with Gasteiger partial charge in [-0.1, -0.05) is 42.5 Å². The van der Waals surface area contributed by atoms with Crippen molar-refractivity contribution < 1.29 is 9.90 Å². The van der Waals surface area contributed by atoms with Gasteiger partial charge in [0.15, 0.2) is 0 Å². The number of fused-ring (bicyclic) bond motifs is 1. The van der Waals surface area contributed by atoms with Gasteiger partial charge in [0.05, 0.1) is 0 Å². The van der Waals surface area contributed by atoms with Crippen molar-refractivity contribution >= 4 is 29.1 Å². The molecule has 0 spiro atoms. The van der Waals surface area contributed by atoms with Gasteiger partial charge in [0.2, 0.25) is 0 Å². The topological polar surface area (TPSA) is 63.3 Å². The fourth-order valence-electron chi connectivity index (χ4n) is 1.79. The Labute approximate surface area is 106 Å². The van der Waals surface area contributed by atoms with E-state index in [4.69, 9.17) is 10.8 Å². The van der Waals surface area contributed by atoms with E-state index < -0.39 is 12.0 Å². The van der Waals surface area contributed by atoms with Gasteiger partial charge in [0.1, 0.15) is 6.04 Å². The first-order valence-electron chi connectivity index (χ1n) is 5.13. The second-order valence-electron chi connectivity index (χ2n) is 3.79. The van der Waals surface area contributed by atoms with Crippen LogP contribution in [0.3, 0.4) is 0 Å². The van der Waals surface area contributed by atoms with Crippen LogP contribution in [-0.4, -0.2) is 17.1 Å². The van der Waals surface area contributed by atoms with E-state index in [-0.39, 0.29) is 12.4 Å². The van der Waals surface area contributed by atoms with Crippen molar-refractivity contribution in [3.8, 4) is 0 Å². The Bertz CT molecular complexity index is 522. The Morgan fingerprint density at radius 1 is 1.18 bits per heavy atom. The highest BCUT2D eigenvalue weighted by atomic mass is 35.5. The molecule has 0 bridgehead atoms. The Hall–Kier alpha value is -1.58. The monoisotopic (exact) mass is 251 g/mol. The zero-order valence-corrected chi connectivity index (χ0v) is 9.98. The van der Waals surface area contributed by atoms with Crippen molar-refractivity contribution in [2.45, 2.75) is 12.5 Å². The maximum atomic E-state index is 10.7. The molecule has 0 heterocycles. The van der Waals surface area contributed by atoms with Gasteiger partial charge in [0, 0.05) is 0 Å². The molecule has 2 aromatic carbocycles. The summed E-state index contributed by atoms with van der Waals surface area (Å²) in [5, 5.41) is 11.0. The highest BCUT2D eigenvalue weighted by Gasteiger charge is 2.13. The summed E-state index contributed by atoms with van der Waals surface area (Å²) in [6.45, 7) is 0. The van der Waals surface area contributed by atoms with Gasteiger partial charge in [-0.05, 0) is 22.8 Å². The van der Waals surface area contributed by atoms with Crippen molar-refractivity contribution in [1.29, 1.82) is 0 Å². The summed E-state index contributed by atoms with van der Waals surface area (Å²) >= 11 is 0. The Morgan fingerprint density at radius 3 is 2.53 bits per heavy atom. The van der Waals surface area contributed by atoms with Gasteiger partial charge < -0.3 is 10.8 Å². The zero-order valence-electron chi connectivity index (χ0n) is 9.17. The highest BCUT2D eigenvalue weighted by molar-refractivity contribution is 5.86. The van der Waals surface area contributed by atoms with E-state index in [1.807, 2.05) is 42.5 Å². The normalized spacial score (nSPS) is 11.8. The standard InChI is InChI=1S/C13H13NO2.ClH/c14-12(13(15)16)8-10-6-3-5-9-4-1-2-7-11(9)10;/h1-7,12H,8,14H2,(H,15,16);1H/t12-;/m0./s1. The van der Waals surface area contributed by atoms with E-state index in [0.717, 1.165) is 16.3 Å². The molecule has 0 unspecified atom stereocenters. The summed E-state index contributed by atoms with van der Waals surface area (Å²) in [5.74, 6) is -0.965. The highest BCUT2D eigenvalue weighted by Crippen LogP contribution is 2.19. The average molecular weight is 252 g/mol. The quantitative estimate of drug-likeness (QED) is 0.879. The first kappa shape index (κ1) is 13.5. The van der Waals surface area contributed by atoms with Gasteiger partial charge in [-0.15, -0.1) is 12.4 Å². The molecular weight excluding hydrogens is 238 g/mol. The largest absolute Gasteiger partial charge is 0.480 e. The predicted octanol–water partition coefficient (Wildman–Crippen LogP) is 2.22. The summed E-state index contributed by atoms with van der Waals surface area (Å²) < 4.78 is 0. The number of benzene rings is 2. The van der Waals surface area contributed by atoms with Crippen LogP contribution in [0.5, 0.6) is 0 Å². The fraction of sp³-hybridized carbons (Fsp3) is 0.154. The van der Waals surface area contributed by atoms with Crippen molar-refractivity contribution in [3.05, 3.63) is 48.0 Å². The number of carboxylic acids is 1. The van der Waals surface area contributed by atoms with Gasteiger partial charge in [0.25, 0.3) is 0 Å². The molecule has 0 aromatic heterocycles. The molecule has 0 amide bonds. The average Bonchev–Trinajstić information content (AvgIpc) is 2.29. The van der Waals surface area contributed by atoms with Gasteiger partial charge in [-0.3, -0.25) is 4.79 Å². The third-order valence-electron chi connectivity index (χ3n) is 2.64. The number of nitrogens with two attached hydrogens (primary N) is 1. The molecule has 0 saturated heterocycles. The lowest BCUT2D eigenvalue weighted by atomic mass is 9.99. The first-order chi connectivity index (χ1) is 7.68. The zero-order chi connectivity index (χ0) is 11.5. The Balaban J connectivity index is 0.00000144. The maximum absolute atomic E-state index is 10.7. The molecule has 0 aliphatic carbocycles. The van der Waals surface area contributed by atoms with E-state index in [1.54, 1.807) is 0 Å². The second kappa shape index (κ2) is 5.66. The number of hydrogen-bond acceptors (Lipinski definition) is 2. The van der Waals surface area contributed by atoms with E-state index in [1.165, 1.54) is 0 Å². The predicted molar refractivity (Wildman–Crippen MR) is 70.5 cm³/mol. The number of rotatable bonds is 3.